The van der Waals surface area contributed by atoms with E-state index in [1.807, 2.05) is 0 Å². The first kappa shape index (κ1) is 13.3. The lowest BCUT2D eigenvalue weighted by Gasteiger charge is -2.33. The van der Waals surface area contributed by atoms with Gasteiger partial charge in [-0.3, -0.25) is 14.7 Å². The summed E-state index contributed by atoms with van der Waals surface area (Å²) in [5, 5.41) is 6.51. The molecular weight excluding hydrogens is 258 g/mol. The average molecular weight is 277 g/mol. The summed E-state index contributed by atoms with van der Waals surface area (Å²) >= 11 is 0. The summed E-state index contributed by atoms with van der Waals surface area (Å²) in [6.07, 6.45) is 2.51. The largest absolute Gasteiger partial charge is 0.373 e. The minimum atomic E-state index is -0.146. The van der Waals surface area contributed by atoms with E-state index in [0.717, 1.165) is 19.4 Å². The van der Waals surface area contributed by atoms with E-state index < -0.39 is 0 Å². The lowest BCUT2D eigenvalue weighted by atomic mass is 9.92. The number of fused-ring (bicyclic) bond motifs is 1. The van der Waals surface area contributed by atoms with Gasteiger partial charge >= 0.3 is 0 Å². The van der Waals surface area contributed by atoms with Crippen LogP contribution >= 0.6 is 0 Å². The molecule has 6 nitrogen and oxygen atoms in total. The average Bonchev–Trinajstić information content (AvgIpc) is 3.02. The smallest absolute Gasteiger partial charge is 0.271 e. The molecule has 20 heavy (non-hydrogen) atoms. The maximum Gasteiger partial charge on any atom is 0.271 e. The molecular formula is C14H19N3O3. The summed E-state index contributed by atoms with van der Waals surface area (Å²) in [4.78, 5) is 25.4. The van der Waals surface area contributed by atoms with Gasteiger partial charge in [0.05, 0.1) is 12.2 Å². The minimum absolute atomic E-state index is 0.105. The van der Waals surface area contributed by atoms with Crippen LogP contribution in [0, 0.1) is 5.92 Å². The zero-order valence-electron chi connectivity index (χ0n) is 11.8. The lowest BCUT2D eigenvalue weighted by molar-refractivity contribution is 0.00138. The number of ketones is 1. The van der Waals surface area contributed by atoms with Crippen molar-refractivity contribution in [2.75, 3.05) is 13.1 Å². The molecule has 0 bridgehead atoms. The number of carbonyl (C=O) groups excluding carboxylic acids is 2. The highest BCUT2D eigenvalue weighted by Crippen LogP contribution is 2.33. The number of ether oxygens (including phenoxy) is 1. The van der Waals surface area contributed by atoms with E-state index >= 15 is 0 Å². The van der Waals surface area contributed by atoms with Gasteiger partial charge in [0.25, 0.3) is 5.91 Å². The van der Waals surface area contributed by atoms with Crippen LogP contribution < -0.4 is 0 Å². The quantitative estimate of drug-likeness (QED) is 0.826. The van der Waals surface area contributed by atoms with Crippen LogP contribution in [0.25, 0.3) is 0 Å². The number of aromatic nitrogens is 2. The first-order valence-electron chi connectivity index (χ1n) is 7.05. The number of hydrogen-bond donors (Lipinski definition) is 1. The van der Waals surface area contributed by atoms with Crippen molar-refractivity contribution in [3.05, 3.63) is 17.5 Å². The fraction of sp³-hybridized carbons (Fsp3) is 0.643. The number of nitrogens with one attached hydrogen (secondary N) is 1. The summed E-state index contributed by atoms with van der Waals surface area (Å²) in [5.41, 5.74) is 0.675. The fourth-order valence-electron chi connectivity index (χ4n) is 3.14. The third-order valence-electron chi connectivity index (χ3n) is 4.19. The van der Waals surface area contributed by atoms with E-state index in [-0.39, 0.29) is 23.9 Å². The SMILES string of the molecule is CC(=O)c1cc(C(=O)N2CC[C@H]3C[C@@H](C)O[C@@H]3C2)[nH]n1. The van der Waals surface area contributed by atoms with Crippen molar-refractivity contribution in [2.24, 2.45) is 5.92 Å². The van der Waals surface area contributed by atoms with Gasteiger partial charge in [0.2, 0.25) is 0 Å². The molecule has 0 saturated carbocycles. The molecule has 1 N–H and O–H groups in total. The van der Waals surface area contributed by atoms with Gasteiger partial charge in [0.15, 0.2) is 5.78 Å². The third kappa shape index (κ3) is 2.35. The lowest BCUT2D eigenvalue weighted by Crippen LogP contribution is -2.45. The topological polar surface area (TPSA) is 75.3 Å². The predicted molar refractivity (Wildman–Crippen MR) is 71.6 cm³/mol. The summed E-state index contributed by atoms with van der Waals surface area (Å²) in [6.45, 7) is 4.88. The highest BCUT2D eigenvalue weighted by Gasteiger charge is 2.39. The van der Waals surface area contributed by atoms with Gasteiger partial charge in [-0.05, 0) is 31.7 Å². The number of hydrogen-bond acceptors (Lipinski definition) is 4. The fourth-order valence-corrected chi connectivity index (χ4v) is 3.14. The van der Waals surface area contributed by atoms with Crippen molar-refractivity contribution in [2.45, 2.75) is 38.9 Å². The number of H-pyrrole nitrogens is 1. The zero-order chi connectivity index (χ0) is 14.3. The number of amides is 1. The van der Waals surface area contributed by atoms with Crippen LogP contribution in [0.5, 0.6) is 0 Å². The molecule has 1 amide bonds. The molecule has 3 atom stereocenters. The van der Waals surface area contributed by atoms with Gasteiger partial charge in [-0.1, -0.05) is 0 Å². The van der Waals surface area contributed by atoms with Crippen molar-refractivity contribution in [3.63, 3.8) is 0 Å². The number of nitrogens with zero attached hydrogens (tertiary/aromatic N) is 2. The molecule has 2 saturated heterocycles. The Morgan fingerprint density at radius 3 is 3.00 bits per heavy atom. The Hall–Kier alpha value is -1.69. The van der Waals surface area contributed by atoms with Crippen molar-refractivity contribution in [3.8, 4) is 0 Å². The van der Waals surface area contributed by atoms with Crippen LogP contribution in [-0.4, -0.2) is 52.1 Å². The molecule has 3 rings (SSSR count). The standard InChI is InChI=1S/C14H19N3O3/c1-8-5-10-3-4-17(7-13(10)20-8)14(19)12-6-11(9(2)18)15-16-12/h6,8,10,13H,3-5,7H2,1-2H3,(H,15,16)/t8-,10+,13-/m1/s1. The normalized spacial score (nSPS) is 29.3. The second-order valence-electron chi connectivity index (χ2n) is 5.74. The predicted octanol–water partition coefficient (Wildman–Crippen LogP) is 1.25. The Morgan fingerprint density at radius 1 is 1.50 bits per heavy atom. The molecule has 0 aliphatic carbocycles. The van der Waals surface area contributed by atoms with Crippen molar-refractivity contribution < 1.29 is 14.3 Å². The maximum absolute atomic E-state index is 12.4. The van der Waals surface area contributed by atoms with Crippen molar-refractivity contribution in [1.82, 2.24) is 15.1 Å². The van der Waals surface area contributed by atoms with Crippen LogP contribution in [0.4, 0.5) is 0 Å². The Kier molecular flexibility index (Phi) is 3.33. The van der Waals surface area contributed by atoms with Gasteiger partial charge < -0.3 is 9.64 Å². The number of carbonyl (C=O) groups is 2. The van der Waals surface area contributed by atoms with Gasteiger partial charge in [-0.15, -0.1) is 0 Å². The van der Waals surface area contributed by atoms with Crippen molar-refractivity contribution in [1.29, 1.82) is 0 Å². The molecule has 1 aromatic heterocycles. The Bertz CT molecular complexity index is 540. The van der Waals surface area contributed by atoms with Gasteiger partial charge in [0.1, 0.15) is 11.4 Å². The highest BCUT2D eigenvalue weighted by atomic mass is 16.5. The van der Waals surface area contributed by atoms with E-state index in [0.29, 0.717) is 23.9 Å². The van der Waals surface area contributed by atoms with E-state index in [4.69, 9.17) is 4.74 Å². The third-order valence-corrected chi connectivity index (χ3v) is 4.19. The van der Waals surface area contributed by atoms with E-state index in [2.05, 4.69) is 17.1 Å². The van der Waals surface area contributed by atoms with E-state index in [9.17, 15) is 9.59 Å². The monoisotopic (exact) mass is 277 g/mol. The summed E-state index contributed by atoms with van der Waals surface area (Å²) in [7, 11) is 0. The molecule has 2 fully saturated rings. The van der Waals surface area contributed by atoms with Crippen molar-refractivity contribution >= 4 is 11.7 Å². The Morgan fingerprint density at radius 2 is 2.30 bits per heavy atom. The Balaban J connectivity index is 1.69. The van der Waals surface area contributed by atoms with Crippen LogP contribution in [0.15, 0.2) is 6.07 Å². The first-order chi connectivity index (χ1) is 9.54. The second-order valence-corrected chi connectivity index (χ2v) is 5.74. The molecule has 2 aliphatic rings. The molecule has 2 aliphatic heterocycles. The van der Waals surface area contributed by atoms with E-state index in [1.54, 1.807) is 4.90 Å². The molecule has 1 aromatic rings. The van der Waals surface area contributed by atoms with Gasteiger partial charge in [0, 0.05) is 20.0 Å². The van der Waals surface area contributed by atoms with Gasteiger partial charge in [-0.2, -0.15) is 5.10 Å². The van der Waals surface area contributed by atoms with Crippen LogP contribution in [-0.2, 0) is 4.74 Å². The number of piperidine rings is 1. The molecule has 108 valence electrons. The number of aromatic amines is 1. The summed E-state index contributed by atoms with van der Waals surface area (Å²) < 4.78 is 5.85. The van der Waals surface area contributed by atoms with E-state index in [1.165, 1.54) is 13.0 Å². The van der Waals surface area contributed by atoms with Crippen LogP contribution in [0.3, 0.4) is 0 Å². The number of rotatable bonds is 2. The molecule has 6 heteroatoms. The molecule has 3 heterocycles. The minimum Gasteiger partial charge on any atom is -0.373 e. The molecule has 0 unspecified atom stereocenters. The van der Waals surface area contributed by atoms with Crippen LogP contribution in [0.2, 0.25) is 0 Å². The summed E-state index contributed by atoms with van der Waals surface area (Å²) in [5.74, 6) is 0.321. The van der Waals surface area contributed by atoms with Gasteiger partial charge in [-0.25, -0.2) is 0 Å². The zero-order valence-corrected chi connectivity index (χ0v) is 11.8. The number of likely N-dealkylation sites (tertiary alicyclic amines) is 1. The highest BCUT2D eigenvalue weighted by molar-refractivity contribution is 5.97. The summed E-state index contributed by atoms with van der Waals surface area (Å²) in [6, 6.07) is 1.52. The Labute approximate surface area is 117 Å². The molecule has 0 aromatic carbocycles. The molecule has 0 spiro atoms. The molecule has 0 radical (unpaired) electrons. The second kappa shape index (κ2) is 5.01. The maximum atomic E-state index is 12.4. The number of Topliss-reactive ketones (excluding diaryl/α,β-unsaturated/α-hetero) is 1. The first-order valence-corrected chi connectivity index (χ1v) is 7.05. The van der Waals surface area contributed by atoms with Crippen LogP contribution in [0.1, 0.15) is 47.7 Å².